The molecule has 7 heteroatoms. The van der Waals surface area contributed by atoms with Crippen LogP contribution in [0.3, 0.4) is 0 Å². The van der Waals surface area contributed by atoms with Crippen LogP contribution in [0.25, 0.3) is 5.69 Å². The molecule has 1 aliphatic rings. The summed E-state index contributed by atoms with van der Waals surface area (Å²) in [6.45, 7) is -0.336. The summed E-state index contributed by atoms with van der Waals surface area (Å²) in [5.74, 6) is -1.38. The Labute approximate surface area is 148 Å². The molecule has 0 saturated heterocycles. The molecule has 0 unspecified atom stereocenters. The number of aliphatic carboxylic acids is 1. The molecule has 0 saturated carbocycles. The van der Waals surface area contributed by atoms with E-state index in [0.717, 1.165) is 47.1 Å². The molecule has 1 heterocycles. The number of halogens is 1. The van der Waals surface area contributed by atoms with Crippen molar-refractivity contribution in [1.29, 1.82) is 0 Å². The Balaban J connectivity index is 2.05. The standard InChI is InChI=1S/C17H18BrN3O3/c1-20(10-15(22)23)17(24)16-13-7-2-3-8-14(13)21(19-16)12-6-4-5-11(18)9-12/h4-6,9H,2-3,7-8,10H2,1H3,(H,22,23). The Hall–Kier alpha value is -2.15. The lowest BCUT2D eigenvalue weighted by Crippen LogP contribution is -2.33. The zero-order valence-electron chi connectivity index (χ0n) is 13.3. The summed E-state index contributed by atoms with van der Waals surface area (Å²) in [5.41, 5.74) is 3.26. The number of fused-ring (bicyclic) bond motifs is 1. The van der Waals surface area contributed by atoms with Crippen LogP contribution in [0.4, 0.5) is 0 Å². The minimum Gasteiger partial charge on any atom is -0.480 e. The van der Waals surface area contributed by atoms with Gasteiger partial charge in [-0.1, -0.05) is 22.0 Å². The van der Waals surface area contributed by atoms with E-state index in [-0.39, 0.29) is 12.5 Å². The van der Waals surface area contributed by atoms with Crippen molar-refractivity contribution in [2.24, 2.45) is 0 Å². The number of hydrogen-bond donors (Lipinski definition) is 1. The highest BCUT2D eigenvalue weighted by Crippen LogP contribution is 2.28. The maximum Gasteiger partial charge on any atom is 0.323 e. The van der Waals surface area contributed by atoms with Crippen LogP contribution >= 0.6 is 15.9 Å². The van der Waals surface area contributed by atoms with E-state index in [2.05, 4.69) is 21.0 Å². The van der Waals surface area contributed by atoms with Crippen LogP contribution in [-0.2, 0) is 17.6 Å². The van der Waals surface area contributed by atoms with Crippen molar-refractivity contribution < 1.29 is 14.7 Å². The summed E-state index contributed by atoms with van der Waals surface area (Å²) < 4.78 is 2.76. The number of rotatable bonds is 4. The topological polar surface area (TPSA) is 75.4 Å². The van der Waals surface area contributed by atoms with E-state index >= 15 is 0 Å². The number of amides is 1. The van der Waals surface area contributed by atoms with Crippen molar-refractivity contribution in [3.63, 3.8) is 0 Å². The van der Waals surface area contributed by atoms with E-state index < -0.39 is 5.97 Å². The normalized spacial score (nSPS) is 13.4. The Morgan fingerprint density at radius 3 is 2.79 bits per heavy atom. The fourth-order valence-electron chi connectivity index (χ4n) is 3.05. The lowest BCUT2D eigenvalue weighted by atomic mass is 9.95. The van der Waals surface area contributed by atoms with Gasteiger partial charge in [-0.2, -0.15) is 5.10 Å². The zero-order valence-corrected chi connectivity index (χ0v) is 14.9. The molecule has 3 rings (SSSR count). The number of carboxylic acid groups (broad SMARTS) is 1. The van der Waals surface area contributed by atoms with Gasteiger partial charge in [0.25, 0.3) is 5.91 Å². The number of likely N-dealkylation sites (N-methyl/N-ethyl adjacent to an activating group) is 1. The highest BCUT2D eigenvalue weighted by atomic mass is 79.9. The predicted molar refractivity (Wildman–Crippen MR) is 92.5 cm³/mol. The molecular weight excluding hydrogens is 374 g/mol. The first-order chi connectivity index (χ1) is 11.5. The molecule has 6 nitrogen and oxygen atoms in total. The van der Waals surface area contributed by atoms with Crippen LogP contribution in [0.5, 0.6) is 0 Å². The van der Waals surface area contributed by atoms with Crippen LogP contribution in [0, 0.1) is 0 Å². The van der Waals surface area contributed by atoms with Gasteiger partial charge in [0.05, 0.1) is 5.69 Å². The summed E-state index contributed by atoms with van der Waals surface area (Å²) in [4.78, 5) is 24.7. The number of benzene rings is 1. The van der Waals surface area contributed by atoms with Gasteiger partial charge in [0.1, 0.15) is 6.54 Å². The third kappa shape index (κ3) is 3.21. The van der Waals surface area contributed by atoms with Crippen LogP contribution in [0.1, 0.15) is 34.6 Å². The smallest absolute Gasteiger partial charge is 0.323 e. The first-order valence-corrected chi connectivity index (χ1v) is 8.60. The van der Waals surface area contributed by atoms with Gasteiger partial charge >= 0.3 is 5.97 Å². The summed E-state index contributed by atoms with van der Waals surface area (Å²) in [5, 5.41) is 13.5. The molecule has 126 valence electrons. The second kappa shape index (κ2) is 6.76. The zero-order chi connectivity index (χ0) is 17.3. The summed E-state index contributed by atoms with van der Waals surface area (Å²) in [6, 6.07) is 7.76. The number of carbonyl (C=O) groups excluding carboxylic acids is 1. The number of carbonyl (C=O) groups is 2. The van der Waals surface area contributed by atoms with E-state index in [1.165, 1.54) is 11.9 Å². The largest absolute Gasteiger partial charge is 0.480 e. The Kier molecular flexibility index (Phi) is 4.71. The van der Waals surface area contributed by atoms with E-state index in [9.17, 15) is 9.59 Å². The van der Waals surface area contributed by atoms with E-state index in [1.807, 2.05) is 28.9 Å². The highest BCUT2D eigenvalue weighted by Gasteiger charge is 2.27. The number of carboxylic acids is 1. The van der Waals surface area contributed by atoms with Crippen molar-refractivity contribution in [3.8, 4) is 5.69 Å². The molecule has 0 radical (unpaired) electrons. The van der Waals surface area contributed by atoms with Gasteiger partial charge in [0.15, 0.2) is 5.69 Å². The predicted octanol–water partition coefficient (Wildman–Crippen LogP) is 2.67. The van der Waals surface area contributed by atoms with Crippen molar-refractivity contribution in [3.05, 3.63) is 45.7 Å². The van der Waals surface area contributed by atoms with Crippen molar-refractivity contribution >= 4 is 27.8 Å². The van der Waals surface area contributed by atoms with Gasteiger partial charge in [0.2, 0.25) is 0 Å². The van der Waals surface area contributed by atoms with Crippen LogP contribution in [0.15, 0.2) is 28.7 Å². The first kappa shape index (κ1) is 16.7. The van der Waals surface area contributed by atoms with Crippen molar-refractivity contribution in [1.82, 2.24) is 14.7 Å². The van der Waals surface area contributed by atoms with Gasteiger partial charge in [-0.05, 0) is 43.9 Å². The fraction of sp³-hybridized carbons (Fsp3) is 0.353. The molecule has 0 fully saturated rings. The summed E-state index contributed by atoms with van der Waals surface area (Å²) in [6.07, 6.45) is 3.74. The minimum absolute atomic E-state index is 0.336. The number of aromatic nitrogens is 2. The van der Waals surface area contributed by atoms with E-state index in [1.54, 1.807) is 0 Å². The maximum absolute atomic E-state index is 12.6. The Morgan fingerprint density at radius 2 is 2.08 bits per heavy atom. The average molecular weight is 392 g/mol. The second-order valence-electron chi connectivity index (χ2n) is 5.93. The number of hydrogen-bond acceptors (Lipinski definition) is 3. The molecule has 24 heavy (non-hydrogen) atoms. The molecule has 0 aliphatic heterocycles. The molecule has 2 aromatic rings. The van der Waals surface area contributed by atoms with Crippen molar-refractivity contribution in [2.75, 3.05) is 13.6 Å². The fourth-order valence-corrected chi connectivity index (χ4v) is 3.43. The number of nitrogens with zero attached hydrogens (tertiary/aromatic N) is 3. The SMILES string of the molecule is CN(CC(=O)O)C(=O)c1nn(-c2cccc(Br)c2)c2c1CCCC2. The summed E-state index contributed by atoms with van der Waals surface area (Å²) >= 11 is 3.46. The van der Waals surface area contributed by atoms with Gasteiger partial charge in [-0.3, -0.25) is 9.59 Å². The quantitative estimate of drug-likeness (QED) is 0.868. The van der Waals surface area contributed by atoms with Crippen LogP contribution in [-0.4, -0.2) is 45.3 Å². The molecule has 1 aliphatic carbocycles. The average Bonchev–Trinajstić information content (AvgIpc) is 2.93. The van der Waals surface area contributed by atoms with Gasteiger partial charge < -0.3 is 10.0 Å². The third-order valence-corrected chi connectivity index (χ3v) is 4.65. The molecule has 1 N–H and O–H groups in total. The van der Waals surface area contributed by atoms with E-state index in [4.69, 9.17) is 5.11 Å². The Bertz CT molecular complexity index is 800. The molecule has 0 spiro atoms. The molecule has 0 bridgehead atoms. The van der Waals surface area contributed by atoms with Crippen LogP contribution in [0.2, 0.25) is 0 Å². The van der Waals surface area contributed by atoms with Crippen molar-refractivity contribution in [2.45, 2.75) is 25.7 Å². The first-order valence-electron chi connectivity index (χ1n) is 7.81. The highest BCUT2D eigenvalue weighted by molar-refractivity contribution is 9.10. The summed E-state index contributed by atoms with van der Waals surface area (Å²) in [7, 11) is 1.49. The molecule has 1 aromatic heterocycles. The minimum atomic E-state index is -1.04. The maximum atomic E-state index is 12.6. The molecule has 0 atom stereocenters. The van der Waals surface area contributed by atoms with Gasteiger partial charge in [-0.25, -0.2) is 4.68 Å². The van der Waals surface area contributed by atoms with Gasteiger partial charge in [0, 0.05) is 22.8 Å². The van der Waals surface area contributed by atoms with E-state index in [0.29, 0.717) is 5.69 Å². The lowest BCUT2D eigenvalue weighted by Gasteiger charge is -2.16. The lowest BCUT2D eigenvalue weighted by molar-refractivity contribution is -0.137. The third-order valence-electron chi connectivity index (χ3n) is 4.15. The van der Waals surface area contributed by atoms with Gasteiger partial charge in [-0.15, -0.1) is 0 Å². The molecular formula is C17H18BrN3O3. The molecule has 1 amide bonds. The second-order valence-corrected chi connectivity index (χ2v) is 6.84. The Morgan fingerprint density at radius 1 is 1.33 bits per heavy atom. The molecule has 1 aromatic carbocycles. The monoisotopic (exact) mass is 391 g/mol. The van der Waals surface area contributed by atoms with Crippen LogP contribution < -0.4 is 0 Å².